The number of aliphatic carboxylic acids is 1. The molecule has 0 spiro atoms. The highest BCUT2D eigenvalue weighted by atomic mass is 16.5. The van der Waals surface area contributed by atoms with E-state index < -0.39 is 11.9 Å². The second-order valence-corrected chi connectivity index (χ2v) is 5.20. The van der Waals surface area contributed by atoms with Crippen LogP contribution in [-0.4, -0.2) is 40.1 Å². The SMILES string of the molecule is CC(C)c1cc(C(=O)N2CCC[C@H](C(=O)O)C2)on1. The minimum Gasteiger partial charge on any atom is -0.481 e. The first kappa shape index (κ1) is 13.6. The van der Waals surface area contributed by atoms with Gasteiger partial charge in [-0.15, -0.1) is 0 Å². The maximum atomic E-state index is 12.2. The Bertz CT molecular complexity index is 481. The maximum absolute atomic E-state index is 12.2. The number of rotatable bonds is 3. The second-order valence-electron chi connectivity index (χ2n) is 5.20. The first-order valence-electron chi connectivity index (χ1n) is 6.47. The van der Waals surface area contributed by atoms with E-state index in [1.54, 1.807) is 6.07 Å². The zero-order valence-corrected chi connectivity index (χ0v) is 11.1. The van der Waals surface area contributed by atoms with E-state index in [1.807, 2.05) is 13.8 Å². The van der Waals surface area contributed by atoms with Crippen molar-refractivity contribution >= 4 is 11.9 Å². The molecule has 6 nitrogen and oxygen atoms in total. The van der Waals surface area contributed by atoms with Crippen molar-refractivity contribution in [2.45, 2.75) is 32.6 Å². The van der Waals surface area contributed by atoms with E-state index in [4.69, 9.17) is 9.63 Å². The minimum atomic E-state index is -0.849. The largest absolute Gasteiger partial charge is 0.481 e. The molecule has 6 heteroatoms. The number of aromatic nitrogens is 1. The van der Waals surface area contributed by atoms with E-state index in [2.05, 4.69) is 5.16 Å². The molecule has 104 valence electrons. The molecule has 0 aromatic carbocycles. The highest BCUT2D eigenvalue weighted by Gasteiger charge is 2.30. The zero-order chi connectivity index (χ0) is 14.0. The maximum Gasteiger partial charge on any atom is 0.308 e. The van der Waals surface area contributed by atoms with Crippen molar-refractivity contribution < 1.29 is 19.2 Å². The molecular formula is C13H18N2O4. The predicted molar refractivity (Wildman–Crippen MR) is 66.9 cm³/mol. The summed E-state index contributed by atoms with van der Waals surface area (Å²) in [7, 11) is 0. The van der Waals surface area contributed by atoms with Crippen LogP contribution in [0, 0.1) is 5.92 Å². The third-order valence-corrected chi connectivity index (χ3v) is 3.39. The van der Waals surface area contributed by atoms with Gasteiger partial charge >= 0.3 is 5.97 Å². The van der Waals surface area contributed by atoms with Crippen LogP contribution in [0.15, 0.2) is 10.6 Å². The molecule has 1 atom stereocenters. The summed E-state index contributed by atoms with van der Waals surface area (Å²) in [6, 6.07) is 1.64. The fraction of sp³-hybridized carbons (Fsp3) is 0.615. The molecule has 0 saturated carbocycles. The number of carboxylic acid groups (broad SMARTS) is 1. The summed E-state index contributed by atoms with van der Waals surface area (Å²) in [5.74, 6) is -1.22. The van der Waals surface area contributed by atoms with E-state index in [1.165, 1.54) is 4.90 Å². The summed E-state index contributed by atoms with van der Waals surface area (Å²) >= 11 is 0. The molecule has 1 aliphatic heterocycles. The Morgan fingerprint density at radius 3 is 2.84 bits per heavy atom. The molecule has 1 aromatic heterocycles. The van der Waals surface area contributed by atoms with Gasteiger partial charge in [0.2, 0.25) is 5.76 Å². The van der Waals surface area contributed by atoms with Gasteiger partial charge in [-0.05, 0) is 18.8 Å². The fourth-order valence-electron chi connectivity index (χ4n) is 2.18. The summed E-state index contributed by atoms with van der Waals surface area (Å²) in [6.45, 7) is 4.74. The average molecular weight is 266 g/mol. The van der Waals surface area contributed by atoms with Crippen LogP contribution < -0.4 is 0 Å². The Morgan fingerprint density at radius 2 is 2.26 bits per heavy atom. The number of nitrogens with zero attached hydrogens (tertiary/aromatic N) is 2. The molecule has 2 heterocycles. The van der Waals surface area contributed by atoms with Gasteiger partial charge in [0.1, 0.15) is 0 Å². The van der Waals surface area contributed by atoms with Gasteiger partial charge in [-0.2, -0.15) is 0 Å². The van der Waals surface area contributed by atoms with Gasteiger partial charge in [0.05, 0.1) is 11.6 Å². The van der Waals surface area contributed by atoms with Crippen molar-refractivity contribution in [3.8, 4) is 0 Å². The molecule has 1 amide bonds. The van der Waals surface area contributed by atoms with Gasteiger partial charge in [-0.1, -0.05) is 19.0 Å². The van der Waals surface area contributed by atoms with E-state index >= 15 is 0 Å². The lowest BCUT2D eigenvalue weighted by Crippen LogP contribution is -2.42. The average Bonchev–Trinajstić information content (AvgIpc) is 2.87. The zero-order valence-electron chi connectivity index (χ0n) is 11.1. The van der Waals surface area contributed by atoms with Gasteiger partial charge in [0.25, 0.3) is 5.91 Å². The minimum absolute atomic E-state index is 0.190. The monoisotopic (exact) mass is 266 g/mol. The van der Waals surface area contributed by atoms with E-state index in [0.29, 0.717) is 19.4 Å². The highest BCUT2D eigenvalue weighted by Crippen LogP contribution is 2.20. The molecule has 2 rings (SSSR count). The number of amides is 1. The Balaban J connectivity index is 2.08. The summed E-state index contributed by atoms with van der Waals surface area (Å²) in [4.78, 5) is 24.7. The van der Waals surface area contributed by atoms with Crippen LogP contribution in [0.2, 0.25) is 0 Å². The molecule has 0 radical (unpaired) electrons. The summed E-state index contributed by atoms with van der Waals surface area (Å²) < 4.78 is 5.05. The van der Waals surface area contributed by atoms with Crippen LogP contribution in [0.1, 0.15) is 48.9 Å². The number of carbonyl (C=O) groups excluding carboxylic acids is 1. The lowest BCUT2D eigenvalue weighted by molar-refractivity contribution is -0.143. The van der Waals surface area contributed by atoms with E-state index in [-0.39, 0.29) is 24.1 Å². The Kier molecular flexibility index (Phi) is 3.87. The quantitative estimate of drug-likeness (QED) is 0.900. The lowest BCUT2D eigenvalue weighted by Gasteiger charge is -2.29. The molecule has 1 saturated heterocycles. The standard InChI is InChI=1S/C13H18N2O4/c1-8(2)10-6-11(19-14-10)12(16)15-5-3-4-9(7-15)13(17)18/h6,8-9H,3-5,7H2,1-2H3,(H,17,18)/t9-/m0/s1. The van der Waals surface area contributed by atoms with Crippen molar-refractivity contribution in [2.75, 3.05) is 13.1 Å². The van der Waals surface area contributed by atoms with Crippen LogP contribution in [0.4, 0.5) is 0 Å². The van der Waals surface area contributed by atoms with Gasteiger partial charge < -0.3 is 14.5 Å². The van der Waals surface area contributed by atoms with Crippen LogP contribution in [-0.2, 0) is 4.79 Å². The molecule has 1 aliphatic rings. The van der Waals surface area contributed by atoms with Gasteiger partial charge in [0, 0.05) is 19.2 Å². The van der Waals surface area contributed by atoms with E-state index in [0.717, 1.165) is 5.69 Å². The number of likely N-dealkylation sites (tertiary alicyclic amines) is 1. The first-order chi connectivity index (χ1) is 8.99. The molecule has 19 heavy (non-hydrogen) atoms. The van der Waals surface area contributed by atoms with Gasteiger partial charge in [-0.3, -0.25) is 9.59 Å². The third-order valence-electron chi connectivity index (χ3n) is 3.39. The number of piperidine rings is 1. The molecule has 0 aliphatic carbocycles. The summed E-state index contributed by atoms with van der Waals surface area (Å²) in [5.41, 5.74) is 0.732. The number of carbonyl (C=O) groups is 2. The van der Waals surface area contributed by atoms with Crippen LogP contribution in [0.5, 0.6) is 0 Å². The predicted octanol–water partition coefficient (Wildman–Crippen LogP) is 1.73. The van der Waals surface area contributed by atoms with E-state index in [9.17, 15) is 9.59 Å². The normalized spacial score (nSPS) is 19.7. The Hall–Kier alpha value is -1.85. The molecule has 0 bridgehead atoms. The molecular weight excluding hydrogens is 248 g/mol. The molecule has 0 unspecified atom stereocenters. The van der Waals surface area contributed by atoms with Crippen molar-refractivity contribution in [3.05, 3.63) is 17.5 Å². The second kappa shape index (κ2) is 5.42. The van der Waals surface area contributed by atoms with Crippen LogP contribution in [0.3, 0.4) is 0 Å². The molecule has 1 N–H and O–H groups in total. The highest BCUT2D eigenvalue weighted by molar-refractivity contribution is 5.92. The fourth-order valence-corrected chi connectivity index (χ4v) is 2.18. The topological polar surface area (TPSA) is 83.6 Å². The number of hydrogen-bond donors (Lipinski definition) is 1. The van der Waals surface area contributed by atoms with Crippen molar-refractivity contribution in [2.24, 2.45) is 5.92 Å². The summed E-state index contributed by atoms with van der Waals surface area (Å²) in [6.07, 6.45) is 1.32. The first-order valence-corrected chi connectivity index (χ1v) is 6.47. The number of hydrogen-bond acceptors (Lipinski definition) is 4. The lowest BCUT2D eigenvalue weighted by atomic mass is 9.98. The van der Waals surface area contributed by atoms with Crippen molar-refractivity contribution in [3.63, 3.8) is 0 Å². The van der Waals surface area contributed by atoms with Gasteiger partial charge in [-0.25, -0.2) is 0 Å². The Morgan fingerprint density at radius 1 is 1.53 bits per heavy atom. The van der Waals surface area contributed by atoms with Crippen LogP contribution in [0.25, 0.3) is 0 Å². The van der Waals surface area contributed by atoms with Crippen LogP contribution >= 0.6 is 0 Å². The van der Waals surface area contributed by atoms with Crippen molar-refractivity contribution in [1.29, 1.82) is 0 Å². The number of carboxylic acids is 1. The third kappa shape index (κ3) is 2.94. The Labute approximate surface area is 111 Å². The van der Waals surface area contributed by atoms with Gasteiger partial charge in [0.15, 0.2) is 0 Å². The molecule has 1 fully saturated rings. The van der Waals surface area contributed by atoms with Crippen molar-refractivity contribution in [1.82, 2.24) is 10.1 Å². The smallest absolute Gasteiger partial charge is 0.308 e. The molecule has 1 aromatic rings. The summed E-state index contributed by atoms with van der Waals surface area (Å²) in [5, 5.41) is 12.9.